The van der Waals surface area contributed by atoms with Crippen LogP contribution in [0.5, 0.6) is 5.75 Å². The van der Waals surface area contributed by atoms with Crippen LogP contribution in [-0.4, -0.2) is 6.61 Å². The van der Waals surface area contributed by atoms with Gasteiger partial charge in [-0.25, -0.2) is 0 Å². The number of aryl methyl sites for hydroxylation is 1. The fourth-order valence-electron chi connectivity index (χ4n) is 1.97. The maximum absolute atomic E-state index is 6.15. The van der Waals surface area contributed by atoms with E-state index in [1.54, 1.807) is 6.07 Å². The van der Waals surface area contributed by atoms with E-state index in [9.17, 15) is 0 Å². The topological polar surface area (TPSA) is 35.2 Å². The molecule has 1 unspecified atom stereocenters. The lowest BCUT2D eigenvalue weighted by Gasteiger charge is -2.15. The summed E-state index contributed by atoms with van der Waals surface area (Å²) in [7, 11) is 0. The van der Waals surface area contributed by atoms with Crippen molar-refractivity contribution in [2.75, 3.05) is 6.61 Å². The van der Waals surface area contributed by atoms with Crippen LogP contribution in [0.3, 0.4) is 0 Å². The Morgan fingerprint density at radius 1 is 1.15 bits per heavy atom. The predicted molar refractivity (Wildman–Crippen MR) is 84.7 cm³/mol. The molecular formula is C16H17Cl2NO. The molecule has 0 bridgehead atoms. The first-order chi connectivity index (χ1) is 9.58. The summed E-state index contributed by atoms with van der Waals surface area (Å²) in [6, 6.07) is 13.2. The highest BCUT2D eigenvalue weighted by atomic mass is 35.5. The zero-order chi connectivity index (χ0) is 14.5. The minimum absolute atomic E-state index is 0.189. The first-order valence-corrected chi connectivity index (χ1v) is 7.22. The fourth-order valence-corrected chi connectivity index (χ4v) is 2.42. The maximum atomic E-state index is 6.15. The summed E-state index contributed by atoms with van der Waals surface area (Å²) in [5.41, 5.74) is 8.16. The zero-order valence-electron chi connectivity index (χ0n) is 11.3. The lowest BCUT2D eigenvalue weighted by Crippen LogP contribution is -2.14. The molecular weight excluding hydrogens is 293 g/mol. The van der Waals surface area contributed by atoms with E-state index in [0.717, 1.165) is 11.3 Å². The van der Waals surface area contributed by atoms with Gasteiger partial charge in [0.25, 0.3) is 0 Å². The first-order valence-electron chi connectivity index (χ1n) is 6.47. The van der Waals surface area contributed by atoms with E-state index in [-0.39, 0.29) is 6.04 Å². The fraction of sp³-hybridized carbons (Fsp3) is 0.250. The van der Waals surface area contributed by atoms with E-state index in [2.05, 4.69) is 0 Å². The van der Waals surface area contributed by atoms with E-state index >= 15 is 0 Å². The Hall–Kier alpha value is -1.22. The number of nitrogens with two attached hydrogens (primary N) is 1. The molecule has 0 saturated carbocycles. The van der Waals surface area contributed by atoms with Crippen molar-refractivity contribution in [3.05, 3.63) is 63.6 Å². The molecule has 2 nitrogen and oxygen atoms in total. The molecule has 20 heavy (non-hydrogen) atoms. The van der Waals surface area contributed by atoms with Gasteiger partial charge in [-0.15, -0.1) is 0 Å². The Morgan fingerprint density at radius 3 is 2.65 bits per heavy atom. The minimum atomic E-state index is -0.189. The second-order valence-corrected chi connectivity index (χ2v) is 5.49. The van der Waals surface area contributed by atoms with Crippen molar-refractivity contribution in [3.63, 3.8) is 0 Å². The molecule has 106 valence electrons. The monoisotopic (exact) mass is 309 g/mol. The van der Waals surface area contributed by atoms with Crippen molar-refractivity contribution in [1.82, 2.24) is 0 Å². The van der Waals surface area contributed by atoms with E-state index in [4.69, 9.17) is 33.7 Å². The molecule has 0 aliphatic carbocycles. The first kappa shape index (κ1) is 15.2. The molecule has 0 radical (unpaired) electrons. The number of halogens is 2. The van der Waals surface area contributed by atoms with Crippen molar-refractivity contribution in [2.24, 2.45) is 5.73 Å². The van der Waals surface area contributed by atoms with Gasteiger partial charge >= 0.3 is 0 Å². The molecule has 0 spiro atoms. The van der Waals surface area contributed by atoms with Crippen molar-refractivity contribution >= 4 is 23.2 Å². The van der Waals surface area contributed by atoms with Gasteiger partial charge in [0, 0.05) is 12.5 Å². The second kappa shape index (κ2) is 6.98. The van der Waals surface area contributed by atoms with Crippen molar-refractivity contribution in [3.8, 4) is 5.75 Å². The molecule has 2 aromatic carbocycles. The zero-order valence-corrected chi connectivity index (χ0v) is 12.8. The van der Waals surface area contributed by atoms with Crippen LogP contribution in [0.15, 0.2) is 42.5 Å². The summed E-state index contributed by atoms with van der Waals surface area (Å²) < 4.78 is 5.69. The van der Waals surface area contributed by atoms with Gasteiger partial charge in [0.15, 0.2) is 0 Å². The maximum Gasteiger partial charge on any atom is 0.119 e. The van der Waals surface area contributed by atoms with Crippen LogP contribution in [0.1, 0.15) is 23.6 Å². The molecule has 0 aliphatic rings. The van der Waals surface area contributed by atoms with E-state index in [1.807, 2.05) is 43.3 Å². The van der Waals surface area contributed by atoms with E-state index < -0.39 is 0 Å². The van der Waals surface area contributed by atoms with Gasteiger partial charge in [0.1, 0.15) is 5.75 Å². The molecule has 2 aromatic rings. The third-order valence-electron chi connectivity index (χ3n) is 3.07. The Balaban J connectivity index is 1.92. The summed E-state index contributed by atoms with van der Waals surface area (Å²) >= 11 is 12.1. The van der Waals surface area contributed by atoms with Gasteiger partial charge in [-0.1, -0.05) is 47.5 Å². The van der Waals surface area contributed by atoms with Crippen LogP contribution < -0.4 is 10.5 Å². The Morgan fingerprint density at radius 2 is 1.90 bits per heavy atom. The summed E-state index contributed by atoms with van der Waals surface area (Å²) in [6.45, 7) is 2.57. The van der Waals surface area contributed by atoms with Crippen molar-refractivity contribution in [2.45, 2.75) is 19.4 Å². The van der Waals surface area contributed by atoms with Crippen LogP contribution in [0.2, 0.25) is 10.0 Å². The van der Waals surface area contributed by atoms with Crippen LogP contribution >= 0.6 is 23.2 Å². The van der Waals surface area contributed by atoms with Gasteiger partial charge in [0.2, 0.25) is 0 Å². The summed E-state index contributed by atoms with van der Waals surface area (Å²) in [5, 5.41) is 1.05. The number of ether oxygens (including phenoxy) is 1. The molecule has 1 atom stereocenters. The normalized spacial score (nSPS) is 12.2. The highest BCUT2D eigenvalue weighted by Crippen LogP contribution is 2.30. The SMILES string of the molecule is Cc1cccc(OCCC(N)c2cccc(Cl)c2Cl)c1. The molecule has 0 aliphatic heterocycles. The van der Waals surface area contributed by atoms with Crippen LogP contribution in [0, 0.1) is 6.92 Å². The van der Waals surface area contributed by atoms with Gasteiger partial charge in [-0.05, 0) is 36.2 Å². The third-order valence-corrected chi connectivity index (χ3v) is 3.90. The quantitative estimate of drug-likeness (QED) is 0.863. The lowest BCUT2D eigenvalue weighted by molar-refractivity contribution is 0.298. The molecule has 4 heteroatoms. The van der Waals surface area contributed by atoms with Crippen molar-refractivity contribution < 1.29 is 4.74 Å². The smallest absolute Gasteiger partial charge is 0.119 e. The summed E-state index contributed by atoms with van der Waals surface area (Å²) in [5.74, 6) is 0.856. The largest absolute Gasteiger partial charge is 0.494 e. The number of hydrogen-bond donors (Lipinski definition) is 1. The molecule has 2 N–H and O–H groups in total. The minimum Gasteiger partial charge on any atom is -0.494 e. The Labute approximate surface area is 129 Å². The van der Waals surface area contributed by atoms with E-state index in [1.165, 1.54) is 5.56 Å². The van der Waals surface area contributed by atoms with Gasteiger partial charge in [-0.2, -0.15) is 0 Å². The molecule has 0 fully saturated rings. The van der Waals surface area contributed by atoms with Gasteiger partial charge in [0.05, 0.1) is 16.7 Å². The standard InChI is InChI=1S/C16H17Cl2NO/c1-11-4-2-5-12(10-11)20-9-8-15(19)13-6-3-7-14(17)16(13)18/h2-7,10,15H,8-9,19H2,1H3. The lowest BCUT2D eigenvalue weighted by atomic mass is 10.1. The van der Waals surface area contributed by atoms with Crippen LogP contribution in [0.4, 0.5) is 0 Å². The predicted octanol–water partition coefficient (Wildman–Crippen LogP) is 4.77. The van der Waals surface area contributed by atoms with Crippen LogP contribution in [-0.2, 0) is 0 Å². The molecule has 0 aromatic heterocycles. The Bertz CT molecular complexity index is 586. The van der Waals surface area contributed by atoms with Gasteiger partial charge in [-0.3, -0.25) is 0 Å². The number of hydrogen-bond acceptors (Lipinski definition) is 2. The summed E-state index contributed by atoms with van der Waals surface area (Å²) in [6.07, 6.45) is 0.675. The molecule has 0 heterocycles. The molecule has 0 saturated heterocycles. The average Bonchev–Trinajstić information content (AvgIpc) is 2.42. The number of rotatable bonds is 5. The highest BCUT2D eigenvalue weighted by Gasteiger charge is 2.12. The third kappa shape index (κ3) is 3.89. The van der Waals surface area contributed by atoms with Crippen molar-refractivity contribution in [1.29, 1.82) is 0 Å². The molecule has 0 amide bonds. The van der Waals surface area contributed by atoms with Crippen LogP contribution in [0.25, 0.3) is 0 Å². The van der Waals surface area contributed by atoms with Gasteiger partial charge < -0.3 is 10.5 Å². The Kier molecular flexibility index (Phi) is 5.30. The highest BCUT2D eigenvalue weighted by molar-refractivity contribution is 6.42. The summed E-state index contributed by atoms with van der Waals surface area (Å²) in [4.78, 5) is 0. The second-order valence-electron chi connectivity index (χ2n) is 4.70. The van der Waals surface area contributed by atoms with E-state index in [0.29, 0.717) is 23.1 Å². The number of benzene rings is 2. The average molecular weight is 310 g/mol. The molecule has 2 rings (SSSR count).